The summed E-state index contributed by atoms with van der Waals surface area (Å²) in [5.41, 5.74) is 5.44. The molecule has 1 aliphatic rings. The quantitative estimate of drug-likeness (QED) is 0.298. The van der Waals surface area contributed by atoms with Crippen molar-refractivity contribution >= 4 is 57.5 Å². The van der Waals surface area contributed by atoms with Crippen molar-refractivity contribution in [3.05, 3.63) is 87.9 Å². The third-order valence-electron chi connectivity index (χ3n) is 6.28. The second-order valence-corrected chi connectivity index (χ2v) is 10.3. The van der Waals surface area contributed by atoms with Gasteiger partial charge >= 0.3 is 0 Å². The summed E-state index contributed by atoms with van der Waals surface area (Å²) in [7, 11) is 1.47. The number of benzene rings is 1. The summed E-state index contributed by atoms with van der Waals surface area (Å²) in [6.45, 7) is 4.12. The number of carbonyl (C=O) groups excluding carboxylic acids is 1. The van der Waals surface area contributed by atoms with E-state index in [2.05, 4.69) is 50.0 Å². The molecule has 8 nitrogen and oxygen atoms in total. The average Bonchev–Trinajstić information content (AvgIpc) is 3.59. The Labute approximate surface area is 229 Å². The highest BCUT2D eigenvalue weighted by Gasteiger charge is 2.42. The van der Waals surface area contributed by atoms with Gasteiger partial charge in [0.2, 0.25) is 5.91 Å². The second kappa shape index (κ2) is 10.6. The molecule has 1 amide bonds. The molecule has 2 atom stereocenters. The van der Waals surface area contributed by atoms with Gasteiger partial charge < -0.3 is 20.3 Å². The third-order valence-corrected chi connectivity index (χ3v) is 7.66. The van der Waals surface area contributed by atoms with Crippen LogP contribution in [0.1, 0.15) is 34.7 Å². The Morgan fingerprint density at radius 2 is 2.05 bits per heavy atom. The molecule has 0 spiro atoms. The van der Waals surface area contributed by atoms with Crippen molar-refractivity contribution < 1.29 is 9.53 Å². The number of anilines is 2. The van der Waals surface area contributed by atoms with Gasteiger partial charge in [-0.1, -0.05) is 17.7 Å². The van der Waals surface area contributed by atoms with E-state index in [1.54, 1.807) is 23.6 Å². The number of ether oxygens (including phenoxy) is 1. The smallest absolute Gasteiger partial charge is 0.250 e. The Bertz CT molecular complexity index is 1440. The Balaban J connectivity index is 1.60. The lowest BCUT2D eigenvalue weighted by atomic mass is 9.96. The first kappa shape index (κ1) is 25.3. The number of rotatable bonds is 7. The second-order valence-electron chi connectivity index (χ2n) is 8.62. The van der Waals surface area contributed by atoms with Crippen molar-refractivity contribution in [3.8, 4) is 5.13 Å². The number of halogens is 1. The van der Waals surface area contributed by atoms with Crippen molar-refractivity contribution in [1.82, 2.24) is 19.9 Å². The van der Waals surface area contributed by atoms with Crippen molar-refractivity contribution in [2.75, 3.05) is 23.9 Å². The van der Waals surface area contributed by atoms with Gasteiger partial charge in [-0.2, -0.15) is 0 Å². The molecule has 0 unspecified atom stereocenters. The first-order chi connectivity index (χ1) is 17.9. The van der Waals surface area contributed by atoms with E-state index in [1.165, 1.54) is 7.11 Å². The summed E-state index contributed by atoms with van der Waals surface area (Å²) in [6.07, 6.45) is 3.59. The maximum absolute atomic E-state index is 12.0. The van der Waals surface area contributed by atoms with E-state index in [4.69, 9.17) is 28.6 Å². The van der Waals surface area contributed by atoms with Gasteiger partial charge in [-0.05, 0) is 68.0 Å². The fourth-order valence-corrected chi connectivity index (χ4v) is 6.05. The van der Waals surface area contributed by atoms with Gasteiger partial charge in [0.15, 0.2) is 10.2 Å². The molecule has 0 bridgehead atoms. The number of nitrogens with zero attached hydrogens (tertiary/aromatic N) is 4. The first-order valence-corrected chi connectivity index (χ1v) is 13.2. The van der Waals surface area contributed by atoms with E-state index in [0.717, 1.165) is 33.5 Å². The Morgan fingerprint density at radius 1 is 1.22 bits per heavy atom. The van der Waals surface area contributed by atoms with Crippen molar-refractivity contribution in [2.24, 2.45) is 0 Å². The van der Waals surface area contributed by atoms with Gasteiger partial charge in [0, 0.05) is 42.0 Å². The zero-order chi connectivity index (χ0) is 26.1. The number of thiazole rings is 1. The lowest BCUT2D eigenvalue weighted by molar-refractivity contribution is -0.119. The van der Waals surface area contributed by atoms with Gasteiger partial charge in [-0.3, -0.25) is 14.3 Å². The maximum Gasteiger partial charge on any atom is 0.250 e. The number of pyridine rings is 1. The maximum atomic E-state index is 12.0. The minimum absolute atomic E-state index is 0.0548. The van der Waals surface area contributed by atoms with E-state index in [1.807, 2.05) is 41.9 Å². The summed E-state index contributed by atoms with van der Waals surface area (Å²) in [5.74, 6) is -0.279. The van der Waals surface area contributed by atoms with Crippen LogP contribution in [0.15, 0.2) is 60.2 Å². The molecular formula is C26H25ClN6O2S2. The van der Waals surface area contributed by atoms with Crippen LogP contribution in [0.5, 0.6) is 0 Å². The summed E-state index contributed by atoms with van der Waals surface area (Å²) >= 11 is 14.1. The lowest BCUT2D eigenvalue weighted by Gasteiger charge is -2.28. The van der Waals surface area contributed by atoms with Crippen LogP contribution < -0.4 is 15.5 Å². The number of hydrogen-bond donors (Lipinski definition) is 2. The average molecular weight is 553 g/mol. The highest BCUT2D eigenvalue weighted by molar-refractivity contribution is 7.80. The predicted molar refractivity (Wildman–Crippen MR) is 151 cm³/mol. The number of methoxy groups -OCH3 is 1. The van der Waals surface area contributed by atoms with E-state index in [-0.39, 0.29) is 24.6 Å². The number of hydrogen-bond acceptors (Lipinski definition) is 6. The molecular weight excluding hydrogens is 528 g/mol. The van der Waals surface area contributed by atoms with Crippen molar-refractivity contribution in [3.63, 3.8) is 0 Å². The fourth-order valence-electron chi connectivity index (χ4n) is 4.73. The molecule has 2 N–H and O–H groups in total. The van der Waals surface area contributed by atoms with Gasteiger partial charge in [0.05, 0.1) is 28.5 Å². The molecule has 190 valence electrons. The highest BCUT2D eigenvalue weighted by Crippen LogP contribution is 2.44. The number of aryl methyl sites for hydroxylation is 1. The lowest BCUT2D eigenvalue weighted by Crippen LogP contribution is -2.29. The van der Waals surface area contributed by atoms with E-state index in [9.17, 15) is 4.79 Å². The van der Waals surface area contributed by atoms with Crippen LogP contribution in [0.25, 0.3) is 5.13 Å². The predicted octanol–water partition coefficient (Wildman–Crippen LogP) is 5.36. The number of amides is 1. The van der Waals surface area contributed by atoms with Crippen LogP contribution in [-0.4, -0.2) is 39.3 Å². The number of aromatic nitrogens is 3. The third kappa shape index (κ3) is 4.85. The molecule has 1 fully saturated rings. The summed E-state index contributed by atoms with van der Waals surface area (Å²) in [4.78, 5) is 23.2. The SMILES string of the molecule is COCC(=O)Nc1ccc(N2C(=S)N[C@@H](c3ccccn3)[C@@H]2c2cc(C)n(-c3nccs3)c2C)cc1Cl. The number of carbonyl (C=O) groups is 1. The van der Waals surface area contributed by atoms with Gasteiger partial charge in [0.25, 0.3) is 0 Å². The van der Waals surface area contributed by atoms with Gasteiger partial charge in [0.1, 0.15) is 6.61 Å². The van der Waals surface area contributed by atoms with Crippen LogP contribution in [-0.2, 0) is 9.53 Å². The van der Waals surface area contributed by atoms with Crippen molar-refractivity contribution in [1.29, 1.82) is 0 Å². The highest BCUT2D eigenvalue weighted by atomic mass is 35.5. The first-order valence-electron chi connectivity index (χ1n) is 11.6. The molecule has 0 aliphatic carbocycles. The molecule has 0 saturated carbocycles. The van der Waals surface area contributed by atoms with E-state index < -0.39 is 0 Å². The van der Waals surface area contributed by atoms with Crippen LogP contribution in [0.4, 0.5) is 11.4 Å². The molecule has 1 aromatic carbocycles. The van der Waals surface area contributed by atoms with Crippen LogP contribution >= 0.6 is 35.2 Å². The zero-order valence-electron chi connectivity index (χ0n) is 20.4. The summed E-state index contributed by atoms with van der Waals surface area (Å²) in [6, 6.07) is 13.1. The normalized spacial score (nSPS) is 17.2. The molecule has 11 heteroatoms. The molecule has 4 heterocycles. The summed E-state index contributed by atoms with van der Waals surface area (Å²) < 4.78 is 7.06. The fraction of sp³-hybridized carbons (Fsp3) is 0.231. The van der Waals surface area contributed by atoms with Gasteiger partial charge in [-0.25, -0.2) is 4.98 Å². The van der Waals surface area contributed by atoms with Gasteiger partial charge in [-0.15, -0.1) is 11.3 Å². The molecule has 5 rings (SSSR count). The zero-order valence-corrected chi connectivity index (χ0v) is 22.8. The summed E-state index contributed by atoms with van der Waals surface area (Å²) in [5, 5.41) is 10.1. The topological polar surface area (TPSA) is 84.3 Å². The molecule has 1 aliphatic heterocycles. The Hall–Kier alpha value is -3.31. The molecule has 0 radical (unpaired) electrons. The Morgan fingerprint density at radius 3 is 2.73 bits per heavy atom. The largest absolute Gasteiger partial charge is 0.375 e. The van der Waals surface area contributed by atoms with Crippen LogP contribution in [0.3, 0.4) is 0 Å². The standard InChI is InChI=1S/C26H25ClN6O2S2/c1-15-12-18(16(2)32(15)26-29-10-11-37-26)24-23(21-6-4-5-9-28-21)31-25(36)33(24)17-7-8-20(19(27)13-17)30-22(34)14-35-3/h4-13,23-24H,14H2,1-3H3,(H,30,34)(H,31,36)/t23-,24-/m0/s1. The minimum Gasteiger partial charge on any atom is -0.375 e. The molecule has 37 heavy (non-hydrogen) atoms. The number of nitrogens with one attached hydrogen (secondary N) is 2. The molecule has 3 aromatic heterocycles. The molecule has 1 saturated heterocycles. The van der Waals surface area contributed by atoms with Crippen LogP contribution in [0, 0.1) is 13.8 Å². The van der Waals surface area contributed by atoms with Crippen LogP contribution in [0.2, 0.25) is 5.02 Å². The monoisotopic (exact) mass is 552 g/mol. The van der Waals surface area contributed by atoms with E-state index >= 15 is 0 Å². The Kier molecular flexibility index (Phi) is 7.25. The molecule has 4 aromatic rings. The minimum atomic E-state index is -0.279. The van der Waals surface area contributed by atoms with Crippen molar-refractivity contribution in [2.45, 2.75) is 25.9 Å². The number of thiocarbonyl (C=S) groups is 1. The van der Waals surface area contributed by atoms with E-state index in [0.29, 0.717) is 15.8 Å².